The molecule has 0 aliphatic heterocycles. The maximum Gasteiger partial charge on any atom is 0.0397 e. The van der Waals surface area contributed by atoms with Crippen LogP contribution < -0.4 is 11.5 Å². The monoisotopic (exact) mass is 488 g/mol. The van der Waals surface area contributed by atoms with E-state index >= 15 is 0 Å². The summed E-state index contributed by atoms with van der Waals surface area (Å²) in [5, 5.41) is 0. The molecule has 2 aromatic rings. The van der Waals surface area contributed by atoms with Crippen LogP contribution in [-0.4, -0.2) is 0 Å². The normalized spacial score (nSPS) is 24.6. The smallest absolute Gasteiger partial charge is 0.0397 e. The second-order valence-corrected chi connectivity index (χ2v) is 12.1. The number of unbranched alkanes of at least 4 members (excludes halogenated alkanes) is 4. The number of nitrogen functional groups attached to an aromatic ring is 2. The van der Waals surface area contributed by atoms with Gasteiger partial charge in [0.25, 0.3) is 0 Å². The topological polar surface area (TPSA) is 52.0 Å². The van der Waals surface area contributed by atoms with Crippen LogP contribution >= 0.6 is 0 Å². The number of nitrogens with two attached hydrogens (primary N) is 2. The molecule has 0 atom stereocenters. The maximum atomic E-state index is 6.63. The molecule has 0 radical (unpaired) electrons. The van der Waals surface area contributed by atoms with Crippen LogP contribution in [0.4, 0.5) is 11.4 Å². The van der Waals surface area contributed by atoms with Crippen molar-refractivity contribution in [3.05, 3.63) is 47.5 Å². The van der Waals surface area contributed by atoms with Gasteiger partial charge in [-0.2, -0.15) is 0 Å². The zero-order valence-corrected chi connectivity index (χ0v) is 23.2. The van der Waals surface area contributed by atoms with E-state index in [1.54, 1.807) is 0 Å². The first kappa shape index (κ1) is 27.1. The molecule has 0 unspecified atom stereocenters. The van der Waals surface area contributed by atoms with Crippen molar-refractivity contribution in [3.8, 4) is 11.1 Å². The zero-order valence-electron chi connectivity index (χ0n) is 23.2. The summed E-state index contributed by atoms with van der Waals surface area (Å²) in [7, 11) is 0. The molecule has 0 saturated heterocycles. The second-order valence-electron chi connectivity index (χ2n) is 12.1. The summed E-state index contributed by atoms with van der Waals surface area (Å²) >= 11 is 0. The van der Waals surface area contributed by atoms with Crippen molar-refractivity contribution in [3.63, 3.8) is 0 Å². The summed E-state index contributed by atoms with van der Waals surface area (Å²) in [6, 6.07) is 13.6. The van der Waals surface area contributed by atoms with Crippen LogP contribution in [0.5, 0.6) is 0 Å². The molecule has 2 aliphatic rings. The first-order chi connectivity index (χ1) is 17.6. The van der Waals surface area contributed by atoms with E-state index in [1.807, 2.05) is 0 Å². The van der Waals surface area contributed by atoms with Gasteiger partial charge in [-0.25, -0.2) is 0 Å². The molecule has 2 heteroatoms. The lowest BCUT2D eigenvalue weighted by Crippen LogP contribution is -2.14. The Morgan fingerprint density at radius 1 is 0.556 bits per heavy atom. The molecule has 0 amide bonds. The van der Waals surface area contributed by atoms with Gasteiger partial charge in [0.1, 0.15) is 0 Å². The zero-order chi connectivity index (χ0) is 25.3. The average Bonchev–Trinajstić information content (AvgIpc) is 2.90. The minimum Gasteiger partial charge on any atom is -0.398 e. The Bertz CT molecular complexity index is 855. The van der Waals surface area contributed by atoms with Crippen LogP contribution in [0, 0.1) is 11.8 Å². The van der Waals surface area contributed by atoms with Crippen molar-refractivity contribution in [1.82, 2.24) is 0 Å². The maximum absolute atomic E-state index is 6.63. The highest BCUT2D eigenvalue weighted by atomic mass is 14.6. The molecule has 2 nitrogen and oxygen atoms in total. The lowest BCUT2D eigenvalue weighted by molar-refractivity contribution is 0.303. The van der Waals surface area contributed by atoms with Crippen LogP contribution in [-0.2, 0) is 0 Å². The van der Waals surface area contributed by atoms with E-state index in [0.717, 1.165) is 34.3 Å². The molecule has 0 aromatic heterocycles. The number of hydrogen-bond donors (Lipinski definition) is 2. The Morgan fingerprint density at radius 2 is 0.944 bits per heavy atom. The van der Waals surface area contributed by atoms with E-state index in [-0.39, 0.29) is 0 Å². The van der Waals surface area contributed by atoms with E-state index in [1.165, 1.54) is 114 Å². The van der Waals surface area contributed by atoms with Crippen molar-refractivity contribution in [1.29, 1.82) is 0 Å². The molecule has 2 saturated carbocycles. The Morgan fingerprint density at radius 3 is 1.28 bits per heavy atom. The summed E-state index contributed by atoms with van der Waals surface area (Å²) < 4.78 is 0. The predicted molar refractivity (Wildman–Crippen MR) is 158 cm³/mol. The molecule has 2 aromatic carbocycles. The quantitative estimate of drug-likeness (QED) is 0.244. The van der Waals surface area contributed by atoms with Crippen molar-refractivity contribution >= 4 is 11.4 Å². The number of anilines is 2. The van der Waals surface area contributed by atoms with E-state index in [0.29, 0.717) is 11.8 Å². The Kier molecular flexibility index (Phi) is 10.2. The molecule has 4 rings (SSSR count). The Hall–Kier alpha value is -1.96. The lowest BCUT2D eigenvalue weighted by Gasteiger charge is -2.29. The van der Waals surface area contributed by atoms with Crippen molar-refractivity contribution in [2.45, 2.75) is 128 Å². The second kappa shape index (κ2) is 13.5. The molecule has 0 heterocycles. The predicted octanol–water partition coefficient (Wildman–Crippen LogP) is 10.2. The highest BCUT2D eigenvalue weighted by Crippen LogP contribution is 2.42. The van der Waals surface area contributed by atoms with Gasteiger partial charge in [0.2, 0.25) is 0 Å². The van der Waals surface area contributed by atoms with Gasteiger partial charge in [-0.1, -0.05) is 89.5 Å². The summed E-state index contributed by atoms with van der Waals surface area (Å²) in [5.74, 6) is 3.22. The molecule has 36 heavy (non-hydrogen) atoms. The summed E-state index contributed by atoms with van der Waals surface area (Å²) in [6.07, 6.45) is 21.9. The largest absolute Gasteiger partial charge is 0.398 e. The van der Waals surface area contributed by atoms with Crippen molar-refractivity contribution < 1.29 is 0 Å². The van der Waals surface area contributed by atoms with Gasteiger partial charge in [-0.3, -0.25) is 0 Å². The molecular formula is C34H52N2. The molecule has 2 fully saturated rings. The van der Waals surface area contributed by atoms with Gasteiger partial charge < -0.3 is 11.5 Å². The fraction of sp³-hybridized carbons (Fsp3) is 0.647. The third-order valence-corrected chi connectivity index (χ3v) is 9.51. The molecule has 0 bridgehead atoms. The third kappa shape index (κ3) is 7.08. The van der Waals surface area contributed by atoms with Crippen LogP contribution in [0.2, 0.25) is 0 Å². The molecule has 0 spiro atoms. The minimum atomic E-state index is 0.667. The van der Waals surface area contributed by atoms with Crippen molar-refractivity contribution in [2.24, 2.45) is 11.8 Å². The Balaban J connectivity index is 1.34. The lowest BCUT2D eigenvalue weighted by atomic mass is 9.76. The summed E-state index contributed by atoms with van der Waals surface area (Å²) in [4.78, 5) is 0. The standard InChI is InChI=1S/C34H52N2/c1-3-5-7-9-25-11-15-27(16-12-25)29-19-21-31(33(35)23-29)32-22-20-30(24-34(32)36)28-17-13-26(14-18-28)10-8-6-4-2/h19-28H,3-18,35-36H2,1-2H3. The van der Waals surface area contributed by atoms with E-state index in [2.05, 4.69) is 50.2 Å². The molecule has 2 aliphatic carbocycles. The SMILES string of the molecule is CCCCCC1CCC(c2ccc(-c3ccc(C4CCC(CCCCC)CC4)cc3N)c(N)c2)CC1. The fourth-order valence-electron chi connectivity index (χ4n) is 7.10. The third-order valence-electron chi connectivity index (χ3n) is 9.51. The Labute approximate surface area is 221 Å². The van der Waals surface area contributed by atoms with Gasteiger partial charge >= 0.3 is 0 Å². The van der Waals surface area contributed by atoms with Gasteiger partial charge in [-0.05, 0) is 98.3 Å². The highest BCUT2D eigenvalue weighted by molar-refractivity contribution is 5.84. The molecule has 198 valence electrons. The average molecular weight is 489 g/mol. The van der Waals surface area contributed by atoms with Gasteiger partial charge in [0.15, 0.2) is 0 Å². The van der Waals surface area contributed by atoms with Gasteiger partial charge in [0.05, 0.1) is 0 Å². The summed E-state index contributed by atoms with van der Waals surface area (Å²) in [6.45, 7) is 4.60. The van der Waals surface area contributed by atoms with E-state index in [4.69, 9.17) is 11.5 Å². The minimum absolute atomic E-state index is 0.667. The first-order valence-corrected chi connectivity index (χ1v) is 15.4. The van der Waals surface area contributed by atoms with Crippen LogP contribution in [0.15, 0.2) is 36.4 Å². The number of benzene rings is 2. The van der Waals surface area contributed by atoms with E-state index < -0.39 is 0 Å². The first-order valence-electron chi connectivity index (χ1n) is 15.4. The van der Waals surface area contributed by atoms with Crippen LogP contribution in [0.3, 0.4) is 0 Å². The summed E-state index contributed by atoms with van der Waals surface area (Å²) in [5.41, 5.74) is 20.1. The van der Waals surface area contributed by atoms with Crippen molar-refractivity contribution in [2.75, 3.05) is 11.5 Å². The van der Waals surface area contributed by atoms with E-state index in [9.17, 15) is 0 Å². The number of hydrogen-bond acceptors (Lipinski definition) is 2. The van der Waals surface area contributed by atoms with Crippen LogP contribution in [0.25, 0.3) is 11.1 Å². The van der Waals surface area contributed by atoms with Gasteiger partial charge in [-0.15, -0.1) is 0 Å². The van der Waals surface area contributed by atoms with Gasteiger partial charge in [0, 0.05) is 22.5 Å². The number of rotatable bonds is 11. The highest BCUT2D eigenvalue weighted by Gasteiger charge is 2.24. The molecule has 4 N–H and O–H groups in total. The fourth-order valence-corrected chi connectivity index (χ4v) is 7.10. The molecular weight excluding hydrogens is 436 g/mol. The van der Waals surface area contributed by atoms with Crippen LogP contribution in [0.1, 0.15) is 140 Å².